The summed E-state index contributed by atoms with van der Waals surface area (Å²) in [6, 6.07) is 14.4. The van der Waals surface area contributed by atoms with Gasteiger partial charge in [0.1, 0.15) is 11.7 Å². The largest absolute Gasteiger partial charge is 0.480 e. The van der Waals surface area contributed by atoms with Crippen molar-refractivity contribution < 1.29 is 27.9 Å². The van der Waals surface area contributed by atoms with Crippen molar-refractivity contribution in [1.82, 2.24) is 10.3 Å². The third-order valence-electron chi connectivity index (χ3n) is 5.04. The van der Waals surface area contributed by atoms with Crippen LogP contribution < -0.4 is 16.8 Å². The van der Waals surface area contributed by atoms with Crippen LogP contribution in [0.1, 0.15) is 27.2 Å². The minimum Gasteiger partial charge on any atom is -0.480 e. The van der Waals surface area contributed by atoms with Gasteiger partial charge in [0, 0.05) is 23.9 Å². The van der Waals surface area contributed by atoms with Crippen molar-refractivity contribution in [1.29, 1.82) is 0 Å². The highest BCUT2D eigenvalue weighted by Crippen LogP contribution is 2.30. The van der Waals surface area contributed by atoms with Crippen molar-refractivity contribution >= 4 is 17.8 Å². The predicted octanol–water partition coefficient (Wildman–Crippen LogP) is 2.97. The Labute approximate surface area is 198 Å². The maximum Gasteiger partial charge on any atom is 0.433 e. The number of guanidine groups is 1. The molecule has 0 saturated carbocycles. The Hall–Kier alpha value is -4.25. The Morgan fingerprint density at radius 3 is 2.34 bits per heavy atom. The molecule has 0 aliphatic carbocycles. The zero-order valence-electron chi connectivity index (χ0n) is 18.3. The number of rotatable bonds is 7. The van der Waals surface area contributed by atoms with Gasteiger partial charge in [-0.25, -0.2) is 0 Å². The Morgan fingerprint density at radius 1 is 1.06 bits per heavy atom. The maximum absolute atomic E-state index is 12.8. The van der Waals surface area contributed by atoms with Crippen molar-refractivity contribution in [3.63, 3.8) is 0 Å². The van der Waals surface area contributed by atoms with E-state index in [1.54, 1.807) is 36.4 Å². The first kappa shape index (κ1) is 25.4. The molecule has 182 valence electrons. The molecule has 0 aliphatic rings. The number of aliphatic imine (C=N–C) groups is 1. The van der Waals surface area contributed by atoms with Crippen LogP contribution in [0, 0.1) is 0 Å². The minimum atomic E-state index is -4.53. The maximum atomic E-state index is 12.8. The van der Waals surface area contributed by atoms with Gasteiger partial charge >= 0.3 is 12.1 Å². The van der Waals surface area contributed by atoms with Gasteiger partial charge in [-0.05, 0) is 41.3 Å². The number of nitrogens with zero attached hydrogens (tertiary/aromatic N) is 2. The first-order chi connectivity index (χ1) is 16.5. The second-order valence-electron chi connectivity index (χ2n) is 7.59. The molecular weight excluding hydrogens is 463 g/mol. The fourth-order valence-electron chi connectivity index (χ4n) is 3.20. The number of halogens is 3. The Morgan fingerprint density at radius 2 is 1.74 bits per heavy atom. The summed E-state index contributed by atoms with van der Waals surface area (Å²) in [5.41, 5.74) is 13.1. The molecule has 1 amide bonds. The summed E-state index contributed by atoms with van der Waals surface area (Å²) in [5.74, 6) is -1.87. The van der Waals surface area contributed by atoms with E-state index in [0.29, 0.717) is 22.3 Å². The molecule has 0 bridgehead atoms. The summed E-state index contributed by atoms with van der Waals surface area (Å²) in [6.07, 6.45) is -3.26. The van der Waals surface area contributed by atoms with Crippen molar-refractivity contribution in [3.8, 4) is 11.1 Å². The number of benzene rings is 2. The predicted molar refractivity (Wildman–Crippen MR) is 123 cm³/mol. The Balaban J connectivity index is 1.66. The highest BCUT2D eigenvalue weighted by atomic mass is 19.4. The molecule has 2 aromatic carbocycles. The fourth-order valence-corrected chi connectivity index (χ4v) is 3.20. The van der Waals surface area contributed by atoms with Gasteiger partial charge in [0.25, 0.3) is 5.91 Å². The first-order valence-electron chi connectivity index (χ1n) is 10.4. The van der Waals surface area contributed by atoms with Crippen LogP contribution >= 0.6 is 0 Å². The molecule has 0 fully saturated rings. The lowest BCUT2D eigenvalue weighted by atomic mass is 10.0. The van der Waals surface area contributed by atoms with E-state index < -0.39 is 29.8 Å². The standard InChI is InChI=1S/C24H22F3N5O3/c25-24(26,27)20-10-9-17(12-30-20)18-4-2-1-3-16(18)13-31-23(29)32-21(33)15-7-5-14(6-8-15)11-19(28)22(34)35/h1-10,12,19H,11,13,28H2,(H,34,35)(H3,29,31,32,33). The van der Waals surface area contributed by atoms with Crippen molar-refractivity contribution in [2.45, 2.75) is 25.2 Å². The van der Waals surface area contributed by atoms with Gasteiger partial charge in [-0.1, -0.05) is 42.5 Å². The van der Waals surface area contributed by atoms with Crippen molar-refractivity contribution in [2.75, 3.05) is 0 Å². The lowest BCUT2D eigenvalue weighted by Gasteiger charge is -2.12. The molecule has 0 radical (unpaired) electrons. The van der Waals surface area contributed by atoms with Crippen LogP contribution in [0.2, 0.25) is 0 Å². The number of hydrogen-bond donors (Lipinski definition) is 4. The zero-order chi connectivity index (χ0) is 25.6. The SMILES string of the molecule is NC(=NC(=O)c1ccc(CC(N)C(=O)O)cc1)NCc1ccccc1-c1ccc(C(F)(F)F)nc1. The summed E-state index contributed by atoms with van der Waals surface area (Å²) in [7, 11) is 0. The molecule has 35 heavy (non-hydrogen) atoms. The number of nitrogens with one attached hydrogen (secondary N) is 1. The summed E-state index contributed by atoms with van der Waals surface area (Å²) in [4.78, 5) is 30.5. The molecule has 8 nitrogen and oxygen atoms in total. The summed E-state index contributed by atoms with van der Waals surface area (Å²) < 4.78 is 38.3. The molecule has 1 aromatic heterocycles. The molecular formula is C24H22F3N5O3. The summed E-state index contributed by atoms with van der Waals surface area (Å²) in [6.45, 7) is 0.159. The average molecular weight is 485 g/mol. The highest BCUT2D eigenvalue weighted by Gasteiger charge is 2.32. The number of carboxylic acid groups (broad SMARTS) is 1. The number of carboxylic acids is 1. The number of aromatic nitrogens is 1. The van der Waals surface area contributed by atoms with Gasteiger partial charge in [0.2, 0.25) is 0 Å². The van der Waals surface area contributed by atoms with Gasteiger partial charge in [-0.2, -0.15) is 18.2 Å². The molecule has 1 unspecified atom stereocenters. The van der Waals surface area contributed by atoms with Crippen LogP contribution in [0.25, 0.3) is 11.1 Å². The zero-order valence-corrected chi connectivity index (χ0v) is 18.3. The van der Waals surface area contributed by atoms with Crippen LogP contribution in [0.15, 0.2) is 71.9 Å². The van der Waals surface area contributed by atoms with Crippen LogP contribution in [0.4, 0.5) is 13.2 Å². The van der Waals surface area contributed by atoms with E-state index in [1.807, 2.05) is 0 Å². The number of aliphatic carboxylic acids is 1. The molecule has 1 atom stereocenters. The van der Waals surface area contributed by atoms with Gasteiger partial charge in [-0.15, -0.1) is 0 Å². The van der Waals surface area contributed by atoms with E-state index in [-0.39, 0.29) is 24.5 Å². The molecule has 3 rings (SSSR count). The van der Waals surface area contributed by atoms with Crippen LogP contribution in [-0.2, 0) is 23.9 Å². The first-order valence-corrected chi connectivity index (χ1v) is 10.4. The number of alkyl halides is 3. The lowest BCUT2D eigenvalue weighted by Crippen LogP contribution is -2.32. The van der Waals surface area contributed by atoms with Gasteiger partial charge in [0.05, 0.1) is 0 Å². The minimum absolute atomic E-state index is 0.116. The summed E-state index contributed by atoms with van der Waals surface area (Å²) in [5, 5.41) is 11.7. The smallest absolute Gasteiger partial charge is 0.433 e. The highest BCUT2D eigenvalue weighted by molar-refractivity contribution is 6.02. The van der Waals surface area contributed by atoms with E-state index in [9.17, 15) is 22.8 Å². The third kappa shape index (κ3) is 6.87. The van der Waals surface area contributed by atoms with Crippen molar-refractivity contribution in [2.24, 2.45) is 16.5 Å². The average Bonchev–Trinajstić information content (AvgIpc) is 2.83. The van der Waals surface area contributed by atoms with Crippen LogP contribution in [0.5, 0.6) is 0 Å². The van der Waals surface area contributed by atoms with E-state index in [2.05, 4.69) is 15.3 Å². The normalized spacial score (nSPS) is 12.7. The van der Waals surface area contributed by atoms with Crippen LogP contribution in [0.3, 0.4) is 0 Å². The number of carbonyl (C=O) groups is 2. The topological polar surface area (TPSA) is 144 Å². The quantitative estimate of drug-likeness (QED) is 0.298. The second kappa shape index (κ2) is 10.8. The number of carbonyl (C=O) groups excluding carboxylic acids is 1. The van der Waals surface area contributed by atoms with E-state index in [4.69, 9.17) is 16.6 Å². The fraction of sp³-hybridized carbons (Fsp3) is 0.167. The van der Waals surface area contributed by atoms with E-state index in [1.165, 1.54) is 18.2 Å². The van der Waals surface area contributed by atoms with Gasteiger partial charge in [0.15, 0.2) is 5.96 Å². The molecule has 0 aliphatic heterocycles. The number of amides is 1. The van der Waals surface area contributed by atoms with Crippen molar-refractivity contribution in [3.05, 3.63) is 89.2 Å². The molecule has 0 spiro atoms. The second-order valence-corrected chi connectivity index (χ2v) is 7.59. The third-order valence-corrected chi connectivity index (χ3v) is 5.04. The number of pyridine rings is 1. The molecule has 11 heteroatoms. The monoisotopic (exact) mass is 485 g/mol. The molecule has 3 aromatic rings. The lowest BCUT2D eigenvalue weighted by molar-refractivity contribution is -0.141. The summed E-state index contributed by atoms with van der Waals surface area (Å²) >= 11 is 0. The van der Waals surface area contributed by atoms with Gasteiger partial charge < -0.3 is 21.9 Å². The Kier molecular flexibility index (Phi) is 7.82. The Bertz CT molecular complexity index is 1230. The number of hydrogen-bond acceptors (Lipinski definition) is 4. The van der Waals surface area contributed by atoms with Gasteiger partial charge in [-0.3, -0.25) is 14.6 Å². The molecule has 0 saturated heterocycles. The molecule has 6 N–H and O–H groups in total. The molecule has 1 heterocycles. The van der Waals surface area contributed by atoms with Crippen LogP contribution in [-0.4, -0.2) is 34.0 Å². The van der Waals surface area contributed by atoms with E-state index in [0.717, 1.165) is 12.3 Å². The van der Waals surface area contributed by atoms with E-state index >= 15 is 0 Å². The number of nitrogens with two attached hydrogens (primary N) is 2.